The van der Waals surface area contributed by atoms with Gasteiger partial charge in [0, 0.05) is 37.0 Å². The van der Waals surface area contributed by atoms with E-state index in [9.17, 15) is 13.6 Å². The summed E-state index contributed by atoms with van der Waals surface area (Å²) in [4.78, 5) is 30.4. The zero-order valence-corrected chi connectivity index (χ0v) is 21.1. The first-order valence-corrected chi connectivity index (χ1v) is 12.2. The molecular formula is C27H29F2N7O2. The lowest BCUT2D eigenvalue weighted by atomic mass is 10.1. The summed E-state index contributed by atoms with van der Waals surface area (Å²) in [6.07, 6.45) is 10.7. The number of nitrogens with one attached hydrogen (secondary N) is 3. The minimum absolute atomic E-state index is 0.0468. The van der Waals surface area contributed by atoms with E-state index in [1.807, 2.05) is 18.2 Å². The largest absolute Gasteiger partial charge is 0.373 e. The molecule has 0 radical (unpaired) electrons. The van der Waals surface area contributed by atoms with Crippen LogP contribution in [0.5, 0.6) is 0 Å². The number of alkyl halides is 1. The number of benzene rings is 1. The number of urea groups is 1. The van der Waals surface area contributed by atoms with Gasteiger partial charge in [0.2, 0.25) is 0 Å². The minimum atomic E-state index is -0.731. The van der Waals surface area contributed by atoms with Gasteiger partial charge < -0.3 is 16.0 Å². The van der Waals surface area contributed by atoms with Gasteiger partial charge in [-0.05, 0) is 43.2 Å². The Morgan fingerprint density at radius 1 is 1.16 bits per heavy atom. The van der Waals surface area contributed by atoms with Crippen molar-refractivity contribution in [3.63, 3.8) is 0 Å². The Kier molecular flexibility index (Phi) is 8.94. The van der Waals surface area contributed by atoms with E-state index in [1.54, 1.807) is 44.5 Å². The molecule has 0 spiro atoms. The second-order valence-electron chi connectivity index (χ2n) is 8.49. The molecule has 38 heavy (non-hydrogen) atoms. The highest BCUT2D eigenvalue weighted by Gasteiger charge is 2.21. The highest BCUT2D eigenvalue weighted by molar-refractivity contribution is 5.90. The minimum Gasteiger partial charge on any atom is -0.373 e. The van der Waals surface area contributed by atoms with Gasteiger partial charge >= 0.3 is 6.03 Å². The molecule has 3 N–H and O–H groups in total. The van der Waals surface area contributed by atoms with Gasteiger partial charge in [-0.25, -0.2) is 33.6 Å². The van der Waals surface area contributed by atoms with E-state index in [0.717, 1.165) is 12.0 Å². The molecular weight excluding hydrogens is 492 g/mol. The fourth-order valence-corrected chi connectivity index (χ4v) is 3.72. The number of anilines is 4. The van der Waals surface area contributed by atoms with Crippen LogP contribution >= 0.6 is 0 Å². The first-order valence-electron chi connectivity index (χ1n) is 12.2. The normalized spacial score (nSPS) is 16.0. The molecule has 0 bridgehead atoms. The molecule has 1 saturated heterocycles. The van der Waals surface area contributed by atoms with E-state index >= 15 is 0 Å². The molecule has 1 atom stereocenters. The van der Waals surface area contributed by atoms with Crippen molar-refractivity contribution in [2.75, 3.05) is 36.1 Å². The van der Waals surface area contributed by atoms with Gasteiger partial charge in [-0.2, -0.15) is 0 Å². The van der Waals surface area contributed by atoms with Crippen LogP contribution in [-0.2, 0) is 4.84 Å². The van der Waals surface area contributed by atoms with Crippen LogP contribution < -0.4 is 16.0 Å². The Labute approximate surface area is 219 Å². The lowest BCUT2D eigenvalue weighted by molar-refractivity contribution is -0.0614. The number of pyridine rings is 1. The molecule has 1 fully saturated rings. The molecule has 1 unspecified atom stereocenters. The lowest BCUT2D eigenvalue weighted by Crippen LogP contribution is -2.31. The summed E-state index contributed by atoms with van der Waals surface area (Å²) >= 11 is 0. The van der Waals surface area contributed by atoms with Crippen molar-refractivity contribution in [3.05, 3.63) is 78.5 Å². The second kappa shape index (κ2) is 12.7. The quantitative estimate of drug-likeness (QED) is 0.391. The summed E-state index contributed by atoms with van der Waals surface area (Å²) in [5.74, 6) is 0.677. The lowest BCUT2D eigenvalue weighted by Gasteiger charge is -2.17. The molecule has 3 heterocycles. The number of nitrogens with zero attached hydrogens (tertiary/aromatic N) is 4. The summed E-state index contributed by atoms with van der Waals surface area (Å²) < 4.78 is 26.5. The van der Waals surface area contributed by atoms with Crippen LogP contribution in [0.1, 0.15) is 18.4 Å². The molecule has 1 aromatic carbocycles. The molecule has 2 aliphatic rings. The molecule has 1 aliphatic heterocycles. The van der Waals surface area contributed by atoms with E-state index < -0.39 is 18.0 Å². The second-order valence-corrected chi connectivity index (χ2v) is 8.49. The fraction of sp³-hybridized carbons (Fsp3) is 0.259. The Bertz CT molecular complexity index is 1330. The van der Waals surface area contributed by atoms with Gasteiger partial charge in [-0.3, -0.25) is 4.84 Å². The van der Waals surface area contributed by atoms with Gasteiger partial charge in [0.05, 0.1) is 24.5 Å². The third kappa shape index (κ3) is 6.88. The number of carbonyl (C=O) groups is 1. The van der Waals surface area contributed by atoms with Crippen LogP contribution in [0.2, 0.25) is 0 Å². The molecule has 2 aromatic heterocycles. The van der Waals surface area contributed by atoms with Crippen molar-refractivity contribution >= 4 is 29.0 Å². The maximum atomic E-state index is 14.5. The molecule has 2 amide bonds. The van der Waals surface area contributed by atoms with Gasteiger partial charge in [0.1, 0.15) is 30.0 Å². The number of aryl methyl sites for hydroxylation is 1. The van der Waals surface area contributed by atoms with Crippen molar-refractivity contribution < 1.29 is 18.4 Å². The number of hydrogen-bond donors (Lipinski definition) is 3. The van der Waals surface area contributed by atoms with E-state index in [2.05, 4.69) is 30.9 Å². The number of hydroxylamine groups is 2. The summed E-state index contributed by atoms with van der Waals surface area (Å²) in [6.45, 7) is 2.71. The number of aromatic nitrogens is 3. The highest BCUT2D eigenvalue weighted by Crippen LogP contribution is 2.31. The molecule has 9 nitrogen and oxygen atoms in total. The molecule has 198 valence electrons. The Morgan fingerprint density at radius 2 is 2.03 bits per heavy atom. The monoisotopic (exact) mass is 521 g/mol. The number of halogens is 2. The molecule has 11 heteroatoms. The third-order valence-corrected chi connectivity index (χ3v) is 5.72. The zero-order chi connectivity index (χ0) is 26.9. The van der Waals surface area contributed by atoms with Crippen LogP contribution in [0, 0.1) is 12.7 Å². The van der Waals surface area contributed by atoms with E-state index in [0.29, 0.717) is 48.2 Å². The van der Waals surface area contributed by atoms with Crippen LogP contribution in [0.25, 0.3) is 11.3 Å². The van der Waals surface area contributed by atoms with E-state index in [-0.39, 0.29) is 5.69 Å². The number of hydrogen-bond acceptors (Lipinski definition) is 7. The van der Waals surface area contributed by atoms with Crippen LogP contribution in [0.3, 0.4) is 0 Å². The number of carbonyl (C=O) groups excluding carboxylic acids is 1. The van der Waals surface area contributed by atoms with Crippen molar-refractivity contribution in [3.8, 4) is 11.3 Å². The summed E-state index contributed by atoms with van der Waals surface area (Å²) in [6, 6.07) is 7.88. The Hall–Kier alpha value is -4.38. The average molecular weight is 522 g/mol. The topological polar surface area (TPSA) is 104 Å². The van der Waals surface area contributed by atoms with E-state index in [1.165, 1.54) is 23.5 Å². The van der Waals surface area contributed by atoms with E-state index in [4.69, 9.17) is 4.84 Å². The van der Waals surface area contributed by atoms with Crippen molar-refractivity contribution in [1.29, 1.82) is 0 Å². The maximum absolute atomic E-state index is 14.5. The first-order chi connectivity index (χ1) is 18.4. The molecule has 1 aliphatic carbocycles. The van der Waals surface area contributed by atoms with Crippen molar-refractivity contribution in [2.24, 2.45) is 0 Å². The first kappa shape index (κ1) is 26.7. The molecule has 0 saturated carbocycles. The van der Waals surface area contributed by atoms with Crippen molar-refractivity contribution in [1.82, 2.24) is 20.0 Å². The van der Waals surface area contributed by atoms with Gasteiger partial charge in [0.25, 0.3) is 0 Å². The molecule has 5 rings (SSSR count). The average Bonchev–Trinajstić information content (AvgIpc) is 3.48. The number of rotatable bonds is 5. The number of amides is 2. The standard InChI is InChI=1S/C21H22FN7O2.C6H7F/c1-13-9-15(22)18(28-21(30)29-7-4-8-31-29)10-16(13)27-20-14(5-3-6-24-20)17-11-19(23-2)26-12-25-17;7-6-4-2-1-3-5-6/h3,5-6,9-12H,4,7-8H2,1-2H3,(H,24,27)(H,28,30)(H,23,25,26);1-4,6H,5H2. The number of allylic oxidation sites excluding steroid dienone is 4. The summed E-state index contributed by atoms with van der Waals surface area (Å²) in [5.41, 5.74) is 2.73. The van der Waals surface area contributed by atoms with Crippen LogP contribution in [0.15, 0.2) is 67.2 Å². The molecule has 3 aromatic rings. The van der Waals surface area contributed by atoms with Gasteiger partial charge in [-0.1, -0.05) is 24.3 Å². The maximum Gasteiger partial charge on any atom is 0.345 e. The van der Waals surface area contributed by atoms with Crippen LogP contribution in [-0.4, -0.2) is 52.4 Å². The van der Waals surface area contributed by atoms with Crippen molar-refractivity contribution in [2.45, 2.75) is 25.9 Å². The predicted octanol–water partition coefficient (Wildman–Crippen LogP) is 5.78. The van der Waals surface area contributed by atoms with Gasteiger partial charge in [-0.15, -0.1) is 0 Å². The summed E-state index contributed by atoms with van der Waals surface area (Å²) in [5, 5.41) is 9.97. The van der Waals surface area contributed by atoms with Crippen LogP contribution in [0.4, 0.5) is 36.6 Å². The Balaban J connectivity index is 0.000000417. The SMILES string of the molecule is CNc1cc(-c2cccnc2Nc2cc(NC(=O)N3CCCO3)c(F)cc2C)ncn1.FC1C=CC=CC1. The highest BCUT2D eigenvalue weighted by atomic mass is 19.1. The zero-order valence-electron chi connectivity index (χ0n) is 21.1. The fourth-order valence-electron chi connectivity index (χ4n) is 3.72. The third-order valence-electron chi connectivity index (χ3n) is 5.72. The van der Waals surface area contributed by atoms with Gasteiger partial charge in [0.15, 0.2) is 0 Å². The predicted molar refractivity (Wildman–Crippen MR) is 143 cm³/mol. The smallest absolute Gasteiger partial charge is 0.345 e. The Morgan fingerprint density at radius 3 is 2.71 bits per heavy atom. The summed E-state index contributed by atoms with van der Waals surface area (Å²) in [7, 11) is 1.78.